The van der Waals surface area contributed by atoms with Gasteiger partial charge in [0.1, 0.15) is 6.04 Å². The van der Waals surface area contributed by atoms with Crippen LogP contribution in [0.1, 0.15) is 51.6 Å². The molecule has 21 heavy (non-hydrogen) atoms. The molecule has 0 radical (unpaired) electrons. The van der Waals surface area contributed by atoms with E-state index in [1.54, 1.807) is 12.3 Å². The second kappa shape index (κ2) is 6.04. The second-order valence-electron chi connectivity index (χ2n) is 4.94. The molecule has 112 valence electrons. The van der Waals surface area contributed by atoms with Crippen LogP contribution in [-0.4, -0.2) is 22.0 Å². The smallest absolute Gasteiger partial charge is 0.262 e. The number of hydrogen-bond donors (Lipinski definition) is 2. The molecule has 0 aliphatic heterocycles. The van der Waals surface area contributed by atoms with Gasteiger partial charge in [-0.1, -0.05) is 19.0 Å². The predicted molar refractivity (Wildman–Crippen MR) is 76.9 cm³/mol. The van der Waals surface area contributed by atoms with Gasteiger partial charge in [0.25, 0.3) is 5.91 Å². The lowest BCUT2D eigenvalue weighted by molar-refractivity contribution is 0.0918. The van der Waals surface area contributed by atoms with Crippen molar-refractivity contribution >= 4 is 23.2 Å². The zero-order valence-electron chi connectivity index (χ0n) is 11.9. The van der Waals surface area contributed by atoms with E-state index in [2.05, 4.69) is 15.5 Å². The monoisotopic (exact) mass is 308 g/mol. The first kappa shape index (κ1) is 15.2. The minimum Gasteiger partial charge on any atom is -0.366 e. The zero-order chi connectivity index (χ0) is 15.6. The second-order valence-corrected chi connectivity index (χ2v) is 5.85. The number of carbonyl (C=O) groups is 2. The molecule has 3 N–H and O–H groups in total. The Kier molecular flexibility index (Phi) is 4.37. The molecule has 2 aromatic rings. The van der Waals surface area contributed by atoms with Crippen molar-refractivity contribution in [3.63, 3.8) is 0 Å². The van der Waals surface area contributed by atoms with E-state index in [1.807, 2.05) is 13.8 Å². The third kappa shape index (κ3) is 3.46. The van der Waals surface area contributed by atoms with E-state index < -0.39 is 11.9 Å². The quantitative estimate of drug-likeness (QED) is 0.872. The van der Waals surface area contributed by atoms with Crippen LogP contribution in [0.25, 0.3) is 0 Å². The highest BCUT2D eigenvalue weighted by atomic mass is 32.1. The van der Waals surface area contributed by atoms with Crippen LogP contribution in [0.3, 0.4) is 0 Å². The van der Waals surface area contributed by atoms with Crippen molar-refractivity contribution in [1.29, 1.82) is 0 Å². The number of nitrogens with one attached hydrogen (secondary N) is 1. The van der Waals surface area contributed by atoms with Crippen LogP contribution in [-0.2, 0) is 0 Å². The highest BCUT2D eigenvalue weighted by Gasteiger charge is 2.25. The summed E-state index contributed by atoms with van der Waals surface area (Å²) in [5.74, 6) is 0.0872. The lowest BCUT2D eigenvalue weighted by Gasteiger charge is -2.17. The fraction of sp³-hybridized carbons (Fsp3) is 0.385. The maximum Gasteiger partial charge on any atom is 0.262 e. The molecular weight excluding hydrogens is 292 g/mol. The summed E-state index contributed by atoms with van der Waals surface area (Å²) in [4.78, 5) is 27.8. The third-order valence-electron chi connectivity index (χ3n) is 2.87. The molecule has 0 aliphatic carbocycles. The first-order valence-electron chi connectivity index (χ1n) is 6.38. The number of thiophene rings is 1. The maximum atomic E-state index is 12.2. The van der Waals surface area contributed by atoms with Gasteiger partial charge in [0.15, 0.2) is 5.82 Å². The lowest BCUT2D eigenvalue weighted by Crippen LogP contribution is -2.31. The van der Waals surface area contributed by atoms with E-state index >= 15 is 0 Å². The van der Waals surface area contributed by atoms with Gasteiger partial charge in [0.2, 0.25) is 11.8 Å². The Labute approximate surface area is 125 Å². The number of carbonyl (C=O) groups excluding carboxylic acids is 2. The third-order valence-corrected chi connectivity index (χ3v) is 3.80. The Morgan fingerprint density at radius 3 is 2.62 bits per heavy atom. The molecule has 7 nitrogen and oxygen atoms in total. The molecule has 2 aromatic heterocycles. The van der Waals surface area contributed by atoms with E-state index in [4.69, 9.17) is 10.3 Å². The summed E-state index contributed by atoms with van der Waals surface area (Å²) in [6.45, 7) is 5.59. The number of aromatic nitrogens is 2. The van der Waals surface area contributed by atoms with E-state index in [0.29, 0.717) is 22.2 Å². The number of amides is 2. The fourth-order valence-corrected chi connectivity index (χ4v) is 2.55. The minimum absolute atomic E-state index is 0.0735. The van der Waals surface area contributed by atoms with Gasteiger partial charge in [-0.3, -0.25) is 9.59 Å². The Hall–Kier alpha value is -2.22. The normalized spacial score (nSPS) is 12.4. The van der Waals surface area contributed by atoms with Gasteiger partial charge in [-0.05, 0) is 18.9 Å². The largest absolute Gasteiger partial charge is 0.366 e. The van der Waals surface area contributed by atoms with Gasteiger partial charge in [0.05, 0.1) is 10.4 Å². The average molecular weight is 308 g/mol. The van der Waals surface area contributed by atoms with Crippen molar-refractivity contribution in [3.05, 3.63) is 33.6 Å². The van der Waals surface area contributed by atoms with Crippen molar-refractivity contribution in [3.8, 4) is 0 Å². The molecule has 0 saturated carbocycles. The lowest BCUT2D eigenvalue weighted by atomic mass is 10.0. The molecule has 2 rings (SSSR count). The maximum absolute atomic E-state index is 12.2. The van der Waals surface area contributed by atoms with Crippen molar-refractivity contribution in [1.82, 2.24) is 15.5 Å². The van der Waals surface area contributed by atoms with Crippen molar-refractivity contribution in [2.75, 3.05) is 0 Å². The van der Waals surface area contributed by atoms with Crippen LogP contribution < -0.4 is 11.1 Å². The SMILES string of the molecule is Cc1noc(C(NC(=O)c2cc(C(N)=O)cs2)C(C)C)n1. The Balaban J connectivity index is 2.16. The molecule has 2 amide bonds. The van der Waals surface area contributed by atoms with Gasteiger partial charge >= 0.3 is 0 Å². The number of nitrogens with zero attached hydrogens (tertiary/aromatic N) is 2. The van der Waals surface area contributed by atoms with Crippen LogP contribution in [0.2, 0.25) is 0 Å². The number of hydrogen-bond acceptors (Lipinski definition) is 6. The molecule has 0 fully saturated rings. The van der Waals surface area contributed by atoms with Gasteiger partial charge in [-0.15, -0.1) is 11.3 Å². The topological polar surface area (TPSA) is 111 Å². The summed E-state index contributed by atoms with van der Waals surface area (Å²) in [5, 5.41) is 8.12. The number of aryl methyl sites for hydroxylation is 1. The molecule has 0 spiro atoms. The highest BCUT2D eigenvalue weighted by Crippen LogP contribution is 2.22. The van der Waals surface area contributed by atoms with Gasteiger partial charge in [0, 0.05) is 5.38 Å². The zero-order valence-corrected chi connectivity index (χ0v) is 12.7. The molecule has 1 unspecified atom stereocenters. The van der Waals surface area contributed by atoms with Crippen LogP contribution in [0, 0.1) is 12.8 Å². The predicted octanol–water partition coefficient (Wildman–Crippen LogP) is 1.67. The summed E-state index contributed by atoms with van der Waals surface area (Å²) in [7, 11) is 0. The molecule has 2 heterocycles. The highest BCUT2D eigenvalue weighted by molar-refractivity contribution is 7.12. The molecule has 1 atom stereocenters. The van der Waals surface area contributed by atoms with Crippen molar-refractivity contribution in [2.45, 2.75) is 26.8 Å². The van der Waals surface area contributed by atoms with Crippen molar-refractivity contribution in [2.24, 2.45) is 11.7 Å². The standard InChI is InChI=1S/C13H16N4O3S/c1-6(2)10(13-15-7(3)17-20-13)16-12(19)9-4-8(5-21-9)11(14)18/h4-6,10H,1-3H3,(H2,14,18)(H,16,19). The number of rotatable bonds is 5. The van der Waals surface area contributed by atoms with Crippen LogP contribution >= 0.6 is 11.3 Å². The van der Waals surface area contributed by atoms with Crippen LogP contribution in [0.15, 0.2) is 16.0 Å². The summed E-state index contributed by atoms with van der Waals surface area (Å²) >= 11 is 1.16. The van der Waals surface area contributed by atoms with Crippen LogP contribution in [0.5, 0.6) is 0 Å². The Morgan fingerprint density at radius 2 is 2.14 bits per heavy atom. The summed E-state index contributed by atoms with van der Waals surface area (Å²) < 4.78 is 5.12. The van der Waals surface area contributed by atoms with E-state index in [1.165, 1.54) is 6.07 Å². The minimum atomic E-state index is -0.557. The van der Waals surface area contributed by atoms with Gasteiger partial charge in [-0.2, -0.15) is 4.98 Å². The van der Waals surface area contributed by atoms with E-state index in [-0.39, 0.29) is 11.8 Å². The summed E-state index contributed by atoms with van der Waals surface area (Å²) in [5.41, 5.74) is 5.49. The van der Waals surface area contributed by atoms with Gasteiger partial charge < -0.3 is 15.6 Å². The molecule has 0 bridgehead atoms. The first-order chi connectivity index (χ1) is 9.88. The molecule has 8 heteroatoms. The van der Waals surface area contributed by atoms with Crippen LogP contribution in [0.4, 0.5) is 0 Å². The summed E-state index contributed by atoms with van der Waals surface area (Å²) in [6, 6.07) is 1.08. The number of primary amides is 1. The number of nitrogens with two attached hydrogens (primary N) is 1. The van der Waals surface area contributed by atoms with E-state index in [9.17, 15) is 9.59 Å². The first-order valence-corrected chi connectivity index (χ1v) is 7.26. The molecule has 0 aromatic carbocycles. The fourth-order valence-electron chi connectivity index (χ4n) is 1.75. The molecule has 0 aliphatic rings. The Bertz CT molecular complexity index is 662. The summed E-state index contributed by atoms with van der Waals surface area (Å²) in [6.07, 6.45) is 0. The Morgan fingerprint density at radius 1 is 1.43 bits per heavy atom. The van der Waals surface area contributed by atoms with E-state index in [0.717, 1.165) is 11.3 Å². The van der Waals surface area contributed by atoms with Crippen molar-refractivity contribution < 1.29 is 14.1 Å². The molecular formula is C13H16N4O3S. The molecule has 0 saturated heterocycles. The van der Waals surface area contributed by atoms with Gasteiger partial charge in [-0.25, -0.2) is 0 Å². The average Bonchev–Trinajstić information content (AvgIpc) is 3.04.